The van der Waals surface area contributed by atoms with Crippen molar-refractivity contribution >= 4 is 5.97 Å². The van der Waals surface area contributed by atoms with E-state index in [4.69, 9.17) is 5.11 Å². The van der Waals surface area contributed by atoms with E-state index in [0.717, 1.165) is 0 Å². The molecule has 86 valence electrons. The molecule has 0 spiro atoms. The van der Waals surface area contributed by atoms with E-state index in [-0.39, 0.29) is 17.3 Å². The Bertz CT molecular complexity index is 270. The van der Waals surface area contributed by atoms with E-state index in [1.54, 1.807) is 6.08 Å². The summed E-state index contributed by atoms with van der Waals surface area (Å²) < 4.78 is 0. The fraction of sp³-hybridized carbons (Fsp3) is 0.615. The quantitative estimate of drug-likeness (QED) is 0.708. The van der Waals surface area contributed by atoms with Crippen LogP contribution in [0, 0.1) is 17.3 Å². The molecule has 2 unspecified atom stereocenters. The van der Waals surface area contributed by atoms with Gasteiger partial charge in [-0.05, 0) is 32.1 Å². The maximum Gasteiger partial charge on any atom is 0.307 e. The van der Waals surface area contributed by atoms with E-state index >= 15 is 0 Å². The molecule has 0 aromatic heterocycles. The summed E-state index contributed by atoms with van der Waals surface area (Å²) in [6, 6.07) is 0. The molecular weight excluding hydrogens is 188 g/mol. The number of carboxylic acid groups (broad SMARTS) is 1. The molecule has 1 fully saturated rings. The molecule has 0 bridgehead atoms. The molecule has 0 aromatic rings. The second-order valence-electron chi connectivity index (χ2n) is 4.82. The van der Waals surface area contributed by atoms with Crippen molar-refractivity contribution in [2.45, 2.75) is 34.6 Å². The maximum absolute atomic E-state index is 10.7. The molecule has 2 atom stereocenters. The van der Waals surface area contributed by atoms with E-state index in [1.165, 1.54) is 5.57 Å². The SMILES string of the molecule is C=CC.CC(C)=CC1C(C(=O)O)C1(C)C. The third kappa shape index (κ3) is 3.54. The first kappa shape index (κ1) is 13.9. The van der Waals surface area contributed by atoms with E-state index in [0.29, 0.717) is 0 Å². The lowest BCUT2D eigenvalue weighted by Crippen LogP contribution is -2.02. The second-order valence-corrected chi connectivity index (χ2v) is 4.82. The van der Waals surface area contributed by atoms with Crippen LogP contribution < -0.4 is 0 Å². The lowest BCUT2D eigenvalue weighted by atomic mass is 10.1. The van der Waals surface area contributed by atoms with Gasteiger partial charge in [-0.15, -0.1) is 6.58 Å². The average molecular weight is 210 g/mol. The normalized spacial score (nSPS) is 25.7. The van der Waals surface area contributed by atoms with Gasteiger partial charge in [0.2, 0.25) is 0 Å². The summed E-state index contributed by atoms with van der Waals surface area (Å²) in [5, 5.41) is 8.84. The third-order valence-electron chi connectivity index (χ3n) is 2.69. The van der Waals surface area contributed by atoms with Crippen LogP contribution in [0.1, 0.15) is 34.6 Å². The van der Waals surface area contributed by atoms with Crippen molar-refractivity contribution < 1.29 is 9.90 Å². The zero-order chi connectivity index (χ0) is 12.2. The number of rotatable bonds is 2. The molecule has 2 heteroatoms. The van der Waals surface area contributed by atoms with Gasteiger partial charge in [-0.3, -0.25) is 4.79 Å². The van der Waals surface area contributed by atoms with E-state index < -0.39 is 5.97 Å². The molecule has 0 aliphatic heterocycles. The van der Waals surface area contributed by atoms with Gasteiger partial charge in [0.15, 0.2) is 0 Å². The zero-order valence-corrected chi connectivity index (χ0v) is 10.4. The zero-order valence-electron chi connectivity index (χ0n) is 10.4. The summed E-state index contributed by atoms with van der Waals surface area (Å²) in [7, 11) is 0. The fourth-order valence-corrected chi connectivity index (χ4v) is 1.82. The minimum absolute atomic E-state index is 0.0386. The first-order valence-corrected chi connectivity index (χ1v) is 5.23. The van der Waals surface area contributed by atoms with E-state index in [1.807, 2.05) is 34.6 Å². The van der Waals surface area contributed by atoms with Crippen LogP contribution in [0.4, 0.5) is 0 Å². The monoisotopic (exact) mass is 210 g/mol. The van der Waals surface area contributed by atoms with Gasteiger partial charge in [0.25, 0.3) is 0 Å². The molecule has 1 aliphatic carbocycles. The Balaban J connectivity index is 0.000000583. The minimum atomic E-state index is -0.664. The largest absolute Gasteiger partial charge is 0.481 e. The van der Waals surface area contributed by atoms with Gasteiger partial charge in [0.05, 0.1) is 5.92 Å². The van der Waals surface area contributed by atoms with Gasteiger partial charge in [-0.25, -0.2) is 0 Å². The van der Waals surface area contributed by atoms with E-state index in [9.17, 15) is 4.79 Å². The number of carbonyl (C=O) groups is 1. The smallest absolute Gasteiger partial charge is 0.307 e. The standard InChI is InChI=1S/C10H16O2.C3H6/c1-6(2)5-7-8(9(11)12)10(7,3)4;1-3-2/h5,7-8H,1-4H3,(H,11,12);3H,1H2,2H3. The van der Waals surface area contributed by atoms with Gasteiger partial charge >= 0.3 is 5.97 Å². The first-order valence-electron chi connectivity index (χ1n) is 5.23. The molecule has 0 heterocycles. The molecule has 0 amide bonds. The highest BCUT2D eigenvalue weighted by Gasteiger charge is 2.60. The highest BCUT2D eigenvalue weighted by Crippen LogP contribution is 2.59. The summed E-state index contributed by atoms with van der Waals surface area (Å²) in [6.07, 6.45) is 3.82. The summed E-state index contributed by atoms with van der Waals surface area (Å²) in [6.45, 7) is 13.3. The Labute approximate surface area is 92.7 Å². The van der Waals surface area contributed by atoms with Crippen LogP contribution in [-0.2, 0) is 4.79 Å². The summed E-state index contributed by atoms with van der Waals surface area (Å²) in [5.74, 6) is -0.602. The highest BCUT2D eigenvalue weighted by atomic mass is 16.4. The fourth-order valence-electron chi connectivity index (χ4n) is 1.82. The van der Waals surface area contributed by atoms with Gasteiger partial charge in [0, 0.05) is 0 Å². The maximum atomic E-state index is 10.7. The molecule has 1 saturated carbocycles. The van der Waals surface area contributed by atoms with Crippen LogP contribution in [0.15, 0.2) is 24.3 Å². The summed E-state index contributed by atoms with van der Waals surface area (Å²) in [5.41, 5.74) is 1.17. The number of allylic oxidation sites excluding steroid dienone is 3. The number of hydrogen-bond donors (Lipinski definition) is 1. The molecular formula is C13H22O2. The summed E-state index contributed by atoms with van der Waals surface area (Å²) >= 11 is 0. The van der Waals surface area contributed by atoms with Gasteiger partial charge in [-0.2, -0.15) is 0 Å². The molecule has 0 saturated heterocycles. The minimum Gasteiger partial charge on any atom is -0.481 e. The lowest BCUT2D eigenvalue weighted by molar-refractivity contribution is -0.139. The average Bonchev–Trinajstić information content (AvgIpc) is 2.52. The van der Waals surface area contributed by atoms with Crippen LogP contribution >= 0.6 is 0 Å². The van der Waals surface area contributed by atoms with Crippen molar-refractivity contribution in [2.75, 3.05) is 0 Å². The Morgan fingerprint density at radius 2 is 1.80 bits per heavy atom. The van der Waals surface area contributed by atoms with Crippen LogP contribution in [0.2, 0.25) is 0 Å². The second kappa shape index (κ2) is 5.15. The number of carboxylic acids is 1. The van der Waals surface area contributed by atoms with Crippen LogP contribution in [-0.4, -0.2) is 11.1 Å². The van der Waals surface area contributed by atoms with Crippen molar-refractivity contribution in [3.05, 3.63) is 24.3 Å². The van der Waals surface area contributed by atoms with Crippen molar-refractivity contribution in [2.24, 2.45) is 17.3 Å². The van der Waals surface area contributed by atoms with Crippen LogP contribution in [0.25, 0.3) is 0 Å². The number of hydrogen-bond acceptors (Lipinski definition) is 1. The van der Waals surface area contributed by atoms with Crippen LogP contribution in [0.5, 0.6) is 0 Å². The summed E-state index contributed by atoms with van der Waals surface area (Å²) in [4.78, 5) is 10.7. The molecule has 1 rings (SSSR count). The molecule has 1 N–H and O–H groups in total. The predicted molar refractivity (Wildman–Crippen MR) is 63.7 cm³/mol. The first-order chi connectivity index (χ1) is 6.78. The van der Waals surface area contributed by atoms with Crippen molar-refractivity contribution in [3.8, 4) is 0 Å². The number of aliphatic carboxylic acids is 1. The Morgan fingerprint density at radius 1 is 1.40 bits per heavy atom. The van der Waals surface area contributed by atoms with Crippen molar-refractivity contribution in [3.63, 3.8) is 0 Å². The van der Waals surface area contributed by atoms with Gasteiger partial charge in [-0.1, -0.05) is 31.6 Å². The van der Waals surface area contributed by atoms with Gasteiger partial charge in [0.1, 0.15) is 0 Å². The molecule has 0 radical (unpaired) electrons. The van der Waals surface area contributed by atoms with Crippen molar-refractivity contribution in [1.82, 2.24) is 0 Å². The topological polar surface area (TPSA) is 37.3 Å². The molecule has 15 heavy (non-hydrogen) atoms. The Morgan fingerprint density at radius 3 is 2.00 bits per heavy atom. The van der Waals surface area contributed by atoms with Crippen LogP contribution in [0.3, 0.4) is 0 Å². The Hall–Kier alpha value is -1.05. The van der Waals surface area contributed by atoms with Gasteiger partial charge < -0.3 is 5.11 Å². The predicted octanol–water partition coefficient (Wildman–Crippen LogP) is 3.50. The Kier molecular flexibility index (Phi) is 4.79. The molecule has 2 nitrogen and oxygen atoms in total. The molecule has 1 aliphatic rings. The lowest BCUT2D eigenvalue weighted by Gasteiger charge is -1.96. The van der Waals surface area contributed by atoms with Crippen molar-refractivity contribution in [1.29, 1.82) is 0 Å². The third-order valence-corrected chi connectivity index (χ3v) is 2.69. The molecule has 0 aromatic carbocycles. The highest BCUT2D eigenvalue weighted by molar-refractivity contribution is 5.76. The van der Waals surface area contributed by atoms with E-state index in [2.05, 4.69) is 12.7 Å².